The highest BCUT2D eigenvalue weighted by Gasteiger charge is 2.17. The Bertz CT molecular complexity index is 632. The molecule has 3 nitrogen and oxygen atoms in total. The molecule has 1 fully saturated rings. The molecule has 0 bridgehead atoms. The second-order valence-corrected chi connectivity index (χ2v) is 6.51. The Morgan fingerprint density at radius 2 is 2.05 bits per heavy atom. The molecule has 21 heavy (non-hydrogen) atoms. The average Bonchev–Trinajstić information content (AvgIpc) is 2.84. The number of hydrogen-bond acceptors (Lipinski definition) is 2. The SMILES string of the molecule is Cc1cn(-c2ccc(Br)c(F)c2)c(NC2CCCCC2)n1. The lowest BCUT2D eigenvalue weighted by atomic mass is 9.96. The summed E-state index contributed by atoms with van der Waals surface area (Å²) >= 11 is 3.19. The largest absolute Gasteiger partial charge is 0.353 e. The monoisotopic (exact) mass is 351 g/mol. The summed E-state index contributed by atoms with van der Waals surface area (Å²) < 4.78 is 16.2. The molecule has 1 heterocycles. The quantitative estimate of drug-likeness (QED) is 0.858. The zero-order valence-corrected chi connectivity index (χ0v) is 13.7. The number of imidazole rings is 1. The predicted octanol–water partition coefficient (Wildman–Crippen LogP) is 4.83. The molecule has 1 aliphatic rings. The minimum absolute atomic E-state index is 0.262. The van der Waals surface area contributed by atoms with Gasteiger partial charge in [0.25, 0.3) is 0 Å². The second kappa shape index (κ2) is 6.18. The van der Waals surface area contributed by atoms with E-state index in [1.807, 2.05) is 23.8 Å². The lowest BCUT2D eigenvalue weighted by molar-refractivity contribution is 0.460. The average molecular weight is 352 g/mol. The summed E-state index contributed by atoms with van der Waals surface area (Å²) in [5, 5.41) is 3.52. The van der Waals surface area contributed by atoms with E-state index in [4.69, 9.17) is 0 Å². The Morgan fingerprint density at radius 3 is 2.76 bits per heavy atom. The molecule has 1 saturated carbocycles. The highest BCUT2D eigenvalue weighted by atomic mass is 79.9. The Morgan fingerprint density at radius 1 is 1.29 bits per heavy atom. The van der Waals surface area contributed by atoms with E-state index in [0.29, 0.717) is 10.5 Å². The van der Waals surface area contributed by atoms with Crippen molar-refractivity contribution >= 4 is 21.9 Å². The van der Waals surface area contributed by atoms with Crippen LogP contribution < -0.4 is 5.32 Å². The molecule has 2 aromatic rings. The molecule has 1 aliphatic carbocycles. The van der Waals surface area contributed by atoms with Crippen molar-refractivity contribution in [3.8, 4) is 5.69 Å². The maximum absolute atomic E-state index is 13.8. The summed E-state index contributed by atoms with van der Waals surface area (Å²) in [6.45, 7) is 1.96. The summed E-state index contributed by atoms with van der Waals surface area (Å²) in [5.74, 6) is 0.545. The van der Waals surface area contributed by atoms with Crippen LogP contribution in [0.25, 0.3) is 5.69 Å². The van der Waals surface area contributed by atoms with Crippen LogP contribution in [-0.4, -0.2) is 15.6 Å². The van der Waals surface area contributed by atoms with Crippen molar-refractivity contribution in [3.63, 3.8) is 0 Å². The summed E-state index contributed by atoms with van der Waals surface area (Å²) in [6.07, 6.45) is 8.16. The normalized spacial score (nSPS) is 16.1. The molecule has 0 saturated heterocycles. The van der Waals surface area contributed by atoms with Crippen LogP contribution in [0.4, 0.5) is 10.3 Å². The van der Waals surface area contributed by atoms with Gasteiger partial charge in [0.05, 0.1) is 15.9 Å². The fourth-order valence-corrected chi connectivity index (χ4v) is 3.11. The van der Waals surface area contributed by atoms with Gasteiger partial charge in [-0.15, -0.1) is 0 Å². The third kappa shape index (κ3) is 3.28. The second-order valence-electron chi connectivity index (χ2n) is 5.65. The van der Waals surface area contributed by atoms with Crippen LogP contribution >= 0.6 is 15.9 Å². The van der Waals surface area contributed by atoms with Crippen LogP contribution in [0.5, 0.6) is 0 Å². The first-order valence-electron chi connectivity index (χ1n) is 7.41. The maximum Gasteiger partial charge on any atom is 0.207 e. The molecule has 1 aromatic carbocycles. The topological polar surface area (TPSA) is 29.9 Å². The van der Waals surface area contributed by atoms with Crippen LogP contribution in [0, 0.1) is 12.7 Å². The van der Waals surface area contributed by atoms with Crippen molar-refractivity contribution in [1.29, 1.82) is 0 Å². The fraction of sp³-hybridized carbons (Fsp3) is 0.438. The van der Waals surface area contributed by atoms with E-state index in [9.17, 15) is 4.39 Å². The number of anilines is 1. The van der Waals surface area contributed by atoms with Crippen LogP contribution in [0.2, 0.25) is 0 Å². The van der Waals surface area contributed by atoms with Gasteiger partial charge in [-0.2, -0.15) is 0 Å². The molecule has 0 aliphatic heterocycles. The molecule has 1 N–H and O–H groups in total. The van der Waals surface area contributed by atoms with E-state index in [0.717, 1.165) is 17.3 Å². The molecule has 3 rings (SSSR count). The van der Waals surface area contributed by atoms with E-state index in [1.165, 1.54) is 38.2 Å². The van der Waals surface area contributed by atoms with Gasteiger partial charge in [-0.05, 0) is 53.9 Å². The van der Waals surface area contributed by atoms with Gasteiger partial charge in [0.1, 0.15) is 5.82 Å². The fourth-order valence-electron chi connectivity index (χ4n) is 2.86. The van der Waals surface area contributed by atoms with Crippen molar-refractivity contribution in [2.75, 3.05) is 5.32 Å². The number of benzene rings is 1. The van der Waals surface area contributed by atoms with E-state index in [1.54, 1.807) is 6.07 Å². The first kappa shape index (κ1) is 14.6. The third-order valence-corrected chi connectivity index (χ3v) is 4.59. The van der Waals surface area contributed by atoms with Crippen LogP contribution in [0.15, 0.2) is 28.9 Å². The Labute approximate surface area is 132 Å². The van der Waals surface area contributed by atoms with Gasteiger partial charge < -0.3 is 5.32 Å². The van der Waals surface area contributed by atoms with Gasteiger partial charge in [0.15, 0.2) is 0 Å². The third-order valence-electron chi connectivity index (χ3n) is 3.95. The molecule has 112 valence electrons. The smallest absolute Gasteiger partial charge is 0.207 e. The van der Waals surface area contributed by atoms with E-state index in [-0.39, 0.29) is 5.82 Å². The van der Waals surface area contributed by atoms with Gasteiger partial charge in [-0.3, -0.25) is 4.57 Å². The molecule has 0 amide bonds. The zero-order valence-electron chi connectivity index (χ0n) is 12.1. The van der Waals surface area contributed by atoms with Gasteiger partial charge in [-0.1, -0.05) is 19.3 Å². The molecule has 0 spiro atoms. The number of rotatable bonds is 3. The van der Waals surface area contributed by atoms with Gasteiger partial charge >= 0.3 is 0 Å². The van der Waals surface area contributed by atoms with Crippen molar-refractivity contribution < 1.29 is 4.39 Å². The van der Waals surface area contributed by atoms with Crippen molar-refractivity contribution in [2.45, 2.75) is 45.1 Å². The Kier molecular flexibility index (Phi) is 4.29. The van der Waals surface area contributed by atoms with Crippen LogP contribution in [0.1, 0.15) is 37.8 Å². The highest BCUT2D eigenvalue weighted by Crippen LogP contribution is 2.25. The van der Waals surface area contributed by atoms with Crippen LogP contribution in [0.3, 0.4) is 0 Å². The minimum atomic E-state index is -0.262. The molecule has 1 aromatic heterocycles. The standard InChI is InChI=1S/C16H19BrFN3/c1-11-10-21(13-7-8-14(17)15(18)9-13)16(19-11)20-12-5-3-2-4-6-12/h7-10,12H,2-6H2,1H3,(H,19,20). The molecular formula is C16H19BrFN3. The van der Waals surface area contributed by atoms with E-state index >= 15 is 0 Å². The number of aromatic nitrogens is 2. The number of nitrogens with zero attached hydrogens (tertiary/aromatic N) is 2. The molecular weight excluding hydrogens is 333 g/mol. The maximum atomic E-state index is 13.8. The molecule has 0 atom stereocenters. The number of halogens is 2. The summed E-state index contributed by atoms with van der Waals surface area (Å²) in [4.78, 5) is 4.55. The van der Waals surface area contributed by atoms with Crippen LogP contribution in [-0.2, 0) is 0 Å². The van der Waals surface area contributed by atoms with Crippen molar-refractivity contribution in [1.82, 2.24) is 9.55 Å². The van der Waals surface area contributed by atoms with Gasteiger partial charge in [0, 0.05) is 12.2 Å². The lowest BCUT2D eigenvalue weighted by Crippen LogP contribution is -2.24. The van der Waals surface area contributed by atoms with E-state index in [2.05, 4.69) is 26.2 Å². The van der Waals surface area contributed by atoms with Gasteiger partial charge in [0.2, 0.25) is 5.95 Å². The van der Waals surface area contributed by atoms with Gasteiger partial charge in [-0.25, -0.2) is 9.37 Å². The summed E-state index contributed by atoms with van der Waals surface area (Å²) in [5.41, 5.74) is 1.71. The first-order valence-corrected chi connectivity index (χ1v) is 8.21. The number of nitrogens with one attached hydrogen (secondary N) is 1. The molecule has 0 unspecified atom stereocenters. The number of aryl methyl sites for hydroxylation is 1. The first-order chi connectivity index (χ1) is 10.1. The van der Waals surface area contributed by atoms with Crippen molar-refractivity contribution in [3.05, 3.63) is 40.4 Å². The molecule has 5 heteroatoms. The minimum Gasteiger partial charge on any atom is -0.353 e. The summed E-state index contributed by atoms with van der Waals surface area (Å²) in [6, 6.07) is 5.61. The lowest BCUT2D eigenvalue weighted by Gasteiger charge is -2.23. The number of hydrogen-bond donors (Lipinski definition) is 1. The predicted molar refractivity (Wildman–Crippen MR) is 86.5 cm³/mol. The zero-order chi connectivity index (χ0) is 14.8. The highest BCUT2D eigenvalue weighted by molar-refractivity contribution is 9.10. The Balaban J connectivity index is 1.89. The summed E-state index contributed by atoms with van der Waals surface area (Å²) in [7, 11) is 0. The Hall–Kier alpha value is -1.36. The van der Waals surface area contributed by atoms with E-state index < -0.39 is 0 Å². The molecule has 0 radical (unpaired) electrons. The van der Waals surface area contributed by atoms with Crippen molar-refractivity contribution in [2.24, 2.45) is 0 Å².